The molecule has 0 amide bonds. The van der Waals surface area contributed by atoms with Crippen molar-refractivity contribution in [3.05, 3.63) is 5.89 Å². The summed E-state index contributed by atoms with van der Waals surface area (Å²) in [5.74, 6) is 1.04. The van der Waals surface area contributed by atoms with Crippen LogP contribution in [0.3, 0.4) is 0 Å². The average molecular weight is 239 g/mol. The van der Waals surface area contributed by atoms with Gasteiger partial charge in [-0.2, -0.15) is 0 Å². The van der Waals surface area contributed by atoms with E-state index in [1.54, 1.807) is 0 Å². The molecular weight excluding hydrogens is 222 g/mol. The van der Waals surface area contributed by atoms with E-state index in [0.717, 1.165) is 32.5 Å². The summed E-state index contributed by atoms with van der Waals surface area (Å²) < 4.78 is 10.2. The molecule has 1 aromatic heterocycles. The topological polar surface area (TPSA) is 91.2 Å². The number of rotatable bonds is 5. The molecule has 0 aliphatic carbocycles. The number of aromatic nitrogens is 2. The number of carbonyl (C=O) groups is 1. The lowest BCUT2D eigenvalue weighted by molar-refractivity contribution is -0.119. The number of ketones is 1. The molecule has 0 unspecified atom stereocenters. The summed E-state index contributed by atoms with van der Waals surface area (Å²) in [4.78, 5) is 11.7. The Bertz CT molecular complexity index is 372. The molecule has 0 aromatic carbocycles. The fraction of sp³-hybridized carbons (Fsp3) is 0.727. The van der Waals surface area contributed by atoms with Crippen LogP contribution in [0.4, 0.5) is 6.01 Å². The molecule has 94 valence electrons. The van der Waals surface area contributed by atoms with E-state index in [4.69, 9.17) is 14.9 Å². The monoisotopic (exact) mass is 239 g/mol. The summed E-state index contributed by atoms with van der Waals surface area (Å²) in [6.45, 7) is 1.64. The van der Waals surface area contributed by atoms with E-state index in [1.807, 2.05) is 0 Å². The first kappa shape index (κ1) is 12.0. The van der Waals surface area contributed by atoms with Gasteiger partial charge in [-0.3, -0.25) is 4.79 Å². The van der Waals surface area contributed by atoms with Gasteiger partial charge in [0.25, 0.3) is 0 Å². The van der Waals surface area contributed by atoms with Crippen molar-refractivity contribution in [1.29, 1.82) is 0 Å². The molecule has 2 rings (SSSR count). The number of anilines is 1. The van der Waals surface area contributed by atoms with Crippen molar-refractivity contribution < 1.29 is 13.9 Å². The van der Waals surface area contributed by atoms with Crippen molar-refractivity contribution in [3.63, 3.8) is 0 Å². The Kier molecular flexibility index (Phi) is 4.08. The minimum Gasteiger partial charge on any atom is -0.408 e. The average Bonchev–Trinajstić information content (AvgIpc) is 2.73. The summed E-state index contributed by atoms with van der Waals surface area (Å²) in [6.07, 6.45) is 3.79. The Hall–Kier alpha value is -1.43. The van der Waals surface area contributed by atoms with Crippen LogP contribution in [-0.4, -0.2) is 29.2 Å². The van der Waals surface area contributed by atoms with Crippen molar-refractivity contribution in [2.75, 3.05) is 18.9 Å². The maximum absolute atomic E-state index is 11.7. The SMILES string of the molecule is Nc1nnc(CC(=O)CCC2CCOCC2)o1. The van der Waals surface area contributed by atoms with Gasteiger partial charge in [-0.25, -0.2) is 0 Å². The molecule has 0 saturated carbocycles. The van der Waals surface area contributed by atoms with Crippen LogP contribution in [-0.2, 0) is 16.0 Å². The van der Waals surface area contributed by atoms with Crippen molar-refractivity contribution in [3.8, 4) is 0 Å². The number of carbonyl (C=O) groups excluding carboxylic acids is 1. The molecule has 0 spiro atoms. The Morgan fingerprint density at radius 1 is 1.35 bits per heavy atom. The zero-order valence-electron chi connectivity index (χ0n) is 9.72. The third-order valence-electron chi connectivity index (χ3n) is 3.00. The van der Waals surface area contributed by atoms with E-state index >= 15 is 0 Å². The van der Waals surface area contributed by atoms with Crippen molar-refractivity contribution in [2.24, 2.45) is 5.92 Å². The summed E-state index contributed by atoms with van der Waals surface area (Å²) in [7, 11) is 0. The minimum absolute atomic E-state index is 0.0113. The zero-order chi connectivity index (χ0) is 12.1. The van der Waals surface area contributed by atoms with E-state index in [-0.39, 0.29) is 18.2 Å². The molecule has 0 atom stereocenters. The van der Waals surface area contributed by atoms with Gasteiger partial charge in [0, 0.05) is 19.6 Å². The van der Waals surface area contributed by atoms with Gasteiger partial charge < -0.3 is 14.9 Å². The largest absolute Gasteiger partial charge is 0.408 e. The van der Waals surface area contributed by atoms with Gasteiger partial charge in [0.05, 0.1) is 6.42 Å². The van der Waals surface area contributed by atoms with Crippen LogP contribution in [0.15, 0.2) is 4.42 Å². The molecule has 1 saturated heterocycles. The molecule has 1 aromatic rings. The van der Waals surface area contributed by atoms with E-state index in [2.05, 4.69) is 10.2 Å². The fourth-order valence-corrected chi connectivity index (χ4v) is 2.00. The third-order valence-corrected chi connectivity index (χ3v) is 3.00. The molecule has 1 aliphatic heterocycles. The van der Waals surface area contributed by atoms with Crippen LogP contribution >= 0.6 is 0 Å². The Balaban J connectivity index is 1.70. The lowest BCUT2D eigenvalue weighted by atomic mass is 9.93. The second kappa shape index (κ2) is 5.77. The van der Waals surface area contributed by atoms with Gasteiger partial charge in [0.2, 0.25) is 5.89 Å². The molecule has 2 N–H and O–H groups in total. The maximum Gasteiger partial charge on any atom is 0.312 e. The normalized spacial score (nSPS) is 17.2. The zero-order valence-corrected chi connectivity index (χ0v) is 9.72. The quantitative estimate of drug-likeness (QED) is 0.823. The number of hydrogen-bond acceptors (Lipinski definition) is 6. The maximum atomic E-state index is 11.7. The highest BCUT2D eigenvalue weighted by atomic mass is 16.5. The number of ether oxygens (including phenoxy) is 1. The summed E-state index contributed by atoms with van der Waals surface area (Å²) in [5, 5.41) is 7.18. The third kappa shape index (κ3) is 3.81. The van der Waals surface area contributed by atoms with Crippen LogP contribution in [0, 0.1) is 5.92 Å². The standard InChI is InChI=1S/C11H17N3O3/c12-11-14-13-10(17-11)7-9(15)2-1-8-3-5-16-6-4-8/h8H,1-7H2,(H2,12,14). The lowest BCUT2D eigenvalue weighted by Gasteiger charge is -2.21. The molecule has 1 aliphatic rings. The summed E-state index contributed by atoms with van der Waals surface area (Å²) >= 11 is 0. The molecule has 6 nitrogen and oxygen atoms in total. The van der Waals surface area contributed by atoms with Crippen molar-refractivity contribution >= 4 is 11.8 Å². The second-order valence-corrected chi connectivity index (χ2v) is 4.34. The van der Waals surface area contributed by atoms with Crippen LogP contribution in [0.5, 0.6) is 0 Å². The highest BCUT2D eigenvalue weighted by Crippen LogP contribution is 2.20. The van der Waals surface area contributed by atoms with E-state index in [0.29, 0.717) is 18.2 Å². The van der Waals surface area contributed by atoms with Crippen LogP contribution < -0.4 is 5.73 Å². The smallest absolute Gasteiger partial charge is 0.312 e. The first-order valence-electron chi connectivity index (χ1n) is 5.91. The van der Waals surface area contributed by atoms with Gasteiger partial charge in [0.1, 0.15) is 5.78 Å². The van der Waals surface area contributed by atoms with Gasteiger partial charge in [-0.05, 0) is 25.2 Å². The fourth-order valence-electron chi connectivity index (χ4n) is 2.00. The van der Waals surface area contributed by atoms with Gasteiger partial charge >= 0.3 is 6.01 Å². The van der Waals surface area contributed by atoms with Crippen molar-refractivity contribution in [2.45, 2.75) is 32.1 Å². The molecule has 0 bridgehead atoms. The molecule has 6 heteroatoms. The molecule has 17 heavy (non-hydrogen) atoms. The Labute approximate surface area is 99.5 Å². The molecule has 2 heterocycles. The van der Waals surface area contributed by atoms with Crippen LogP contribution in [0.1, 0.15) is 31.6 Å². The number of nitrogens with zero attached hydrogens (tertiary/aromatic N) is 2. The van der Waals surface area contributed by atoms with E-state index in [1.165, 1.54) is 0 Å². The second-order valence-electron chi connectivity index (χ2n) is 4.34. The Morgan fingerprint density at radius 2 is 2.12 bits per heavy atom. The number of hydrogen-bond donors (Lipinski definition) is 1. The first-order valence-corrected chi connectivity index (χ1v) is 5.91. The number of Topliss-reactive ketones (excluding diaryl/α,β-unsaturated/α-hetero) is 1. The number of nitrogens with two attached hydrogens (primary N) is 1. The highest BCUT2D eigenvalue weighted by molar-refractivity contribution is 5.79. The summed E-state index contributed by atoms with van der Waals surface area (Å²) in [5.41, 5.74) is 5.28. The molecule has 0 radical (unpaired) electrons. The minimum atomic E-state index is 0.0113. The lowest BCUT2D eigenvalue weighted by Crippen LogP contribution is -2.17. The van der Waals surface area contributed by atoms with E-state index in [9.17, 15) is 4.79 Å². The van der Waals surface area contributed by atoms with Crippen molar-refractivity contribution in [1.82, 2.24) is 10.2 Å². The van der Waals surface area contributed by atoms with E-state index < -0.39 is 0 Å². The summed E-state index contributed by atoms with van der Waals surface area (Å²) in [6, 6.07) is 0.0113. The first-order chi connectivity index (χ1) is 8.24. The Morgan fingerprint density at radius 3 is 2.76 bits per heavy atom. The molecule has 1 fully saturated rings. The van der Waals surface area contributed by atoms with Gasteiger partial charge in [0.15, 0.2) is 0 Å². The van der Waals surface area contributed by atoms with Crippen LogP contribution in [0.25, 0.3) is 0 Å². The van der Waals surface area contributed by atoms with Gasteiger partial charge in [-0.15, -0.1) is 5.10 Å². The molecular formula is C11H17N3O3. The predicted octanol–water partition coefficient (Wildman–Crippen LogP) is 0.970. The van der Waals surface area contributed by atoms with Crippen LogP contribution in [0.2, 0.25) is 0 Å². The highest BCUT2D eigenvalue weighted by Gasteiger charge is 2.16. The number of nitrogen functional groups attached to an aromatic ring is 1. The predicted molar refractivity (Wildman–Crippen MR) is 60.2 cm³/mol. The van der Waals surface area contributed by atoms with Gasteiger partial charge in [-0.1, -0.05) is 5.10 Å².